The number of carbonyl (C=O) groups is 1. The van der Waals surface area contributed by atoms with E-state index in [1.165, 1.54) is 5.56 Å². The number of methoxy groups -OCH3 is 1. The summed E-state index contributed by atoms with van der Waals surface area (Å²) in [6, 6.07) is 17.4. The zero-order chi connectivity index (χ0) is 22.5. The Balaban J connectivity index is 1.39. The first-order chi connectivity index (χ1) is 15.5. The summed E-state index contributed by atoms with van der Waals surface area (Å²) in [7, 11) is 1.59. The molecule has 166 valence electrons. The van der Waals surface area contributed by atoms with E-state index in [2.05, 4.69) is 39.6 Å². The fourth-order valence-corrected chi connectivity index (χ4v) is 3.59. The van der Waals surface area contributed by atoms with Crippen molar-refractivity contribution >= 4 is 29.2 Å². The van der Waals surface area contributed by atoms with Crippen molar-refractivity contribution in [1.82, 2.24) is 14.9 Å². The third kappa shape index (κ3) is 5.08. The van der Waals surface area contributed by atoms with Crippen LogP contribution in [-0.2, 0) is 0 Å². The van der Waals surface area contributed by atoms with Crippen molar-refractivity contribution in [2.45, 2.75) is 13.8 Å². The van der Waals surface area contributed by atoms with E-state index < -0.39 is 0 Å². The van der Waals surface area contributed by atoms with Crippen molar-refractivity contribution in [2.75, 3.05) is 48.8 Å². The van der Waals surface area contributed by atoms with Crippen LogP contribution >= 0.6 is 0 Å². The molecule has 2 amide bonds. The first kappa shape index (κ1) is 21.4. The minimum absolute atomic E-state index is 0.138. The van der Waals surface area contributed by atoms with Crippen molar-refractivity contribution in [3.05, 3.63) is 65.9 Å². The highest BCUT2D eigenvalue weighted by molar-refractivity contribution is 5.91. The molecule has 0 saturated carbocycles. The topological polar surface area (TPSA) is 82.6 Å². The standard InChI is InChI=1S/C24H28N6O2/c1-17-8-10-19(11-9-17)26-22-16-18(2)25-23(28-22)29-12-14-30(15-13-29)24(31)27-20-6-4-5-7-21(20)32-3/h4-11,16H,12-15H2,1-3H3,(H,27,31)(H,25,26,28). The van der Waals surface area contributed by atoms with E-state index in [-0.39, 0.29) is 6.03 Å². The fraction of sp³-hybridized carbons (Fsp3) is 0.292. The van der Waals surface area contributed by atoms with Crippen LogP contribution in [0.15, 0.2) is 54.6 Å². The third-order valence-corrected chi connectivity index (χ3v) is 5.36. The van der Waals surface area contributed by atoms with Gasteiger partial charge < -0.3 is 25.2 Å². The second-order valence-corrected chi connectivity index (χ2v) is 7.79. The summed E-state index contributed by atoms with van der Waals surface area (Å²) < 4.78 is 5.32. The van der Waals surface area contributed by atoms with E-state index >= 15 is 0 Å². The molecular weight excluding hydrogens is 404 g/mol. The number of carbonyl (C=O) groups excluding carboxylic acids is 1. The number of hydrogen-bond donors (Lipinski definition) is 2. The largest absolute Gasteiger partial charge is 0.495 e. The van der Waals surface area contributed by atoms with Gasteiger partial charge in [-0.25, -0.2) is 9.78 Å². The molecule has 1 fully saturated rings. The molecule has 0 bridgehead atoms. The minimum Gasteiger partial charge on any atom is -0.495 e. The molecule has 4 rings (SSSR count). The molecule has 2 heterocycles. The second-order valence-electron chi connectivity index (χ2n) is 7.79. The number of piperazine rings is 1. The van der Waals surface area contributed by atoms with Gasteiger partial charge in [-0.15, -0.1) is 0 Å². The lowest BCUT2D eigenvalue weighted by atomic mass is 10.2. The maximum absolute atomic E-state index is 12.7. The molecule has 8 nitrogen and oxygen atoms in total. The van der Waals surface area contributed by atoms with Crippen molar-refractivity contribution in [3.8, 4) is 5.75 Å². The van der Waals surface area contributed by atoms with Crippen LogP contribution in [0, 0.1) is 13.8 Å². The average molecular weight is 433 g/mol. The Bertz CT molecular complexity index is 1080. The number of aromatic nitrogens is 2. The number of nitrogens with one attached hydrogen (secondary N) is 2. The van der Waals surface area contributed by atoms with Crippen molar-refractivity contribution in [1.29, 1.82) is 0 Å². The van der Waals surface area contributed by atoms with Gasteiger partial charge in [-0.05, 0) is 38.1 Å². The predicted octanol–water partition coefficient (Wildman–Crippen LogP) is 4.20. The van der Waals surface area contributed by atoms with Crippen LogP contribution in [-0.4, -0.2) is 54.2 Å². The molecule has 1 aliphatic heterocycles. The second kappa shape index (κ2) is 9.55. The summed E-state index contributed by atoms with van der Waals surface area (Å²) in [5, 5.41) is 6.29. The number of aryl methyl sites for hydroxylation is 2. The van der Waals surface area contributed by atoms with E-state index in [1.807, 2.05) is 49.4 Å². The smallest absolute Gasteiger partial charge is 0.322 e. The quantitative estimate of drug-likeness (QED) is 0.629. The molecule has 0 radical (unpaired) electrons. The number of anilines is 4. The van der Waals surface area contributed by atoms with Crippen LogP contribution in [0.2, 0.25) is 0 Å². The highest BCUT2D eigenvalue weighted by Crippen LogP contribution is 2.24. The molecule has 0 spiro atoms. The number of rotatable bonds is 5. The number of nitrogens with zero attached hydrogens (tertiary/aromatic N) is 4. The molecule has 1 aromatic heterocycles. The Hall–Kier alpha value is -3.81. The van der Waals surface area contributed by atoms with Crippen LogP contribution < -0.4 is 20.3 Å². The minimum atomic E-state index is -0.138. The Kier molecular flexibility index (Phi) is 6.39. The molecular formula is C24H28N6O2. The van der Waals surface area contributed by atoms with E-state index in [1.54, 1.807) is 12.0 Å². The summed E-state index contributed by atoms with van der Waals surface area (Å²) in [6.07, 6.45) is 0. The van der Waals surface area contributed by atoms with Gasteiger partial charge in [-0.3, -0.25) is 0 Å². The lowest BCUT2D eigenvalue weighted by Crippen LogP contribution is -2.50. The number of amides is 2. The van der Waals surface area contributed by atoms with Gasteiger partial charge in [-0.2, -0.15) is 4.98 Å². The number of ether oxygens (including phenoxy) is 1. The Morgan fingerprint density at radius 1 is 0.969 bits per heavy atom. The molecule has 8 heteroatoms. The number of para-hydroxylation sites is 2. The number of urea groups is 1. The first-order valence-electron chi connectivity index (χ1n) is 10.6. The molecule has 0 aliphatic carbocycles. The molecule has 2 N–H and O–H groups in total. The normalized spacial score (nSPS) is 13.6. The zero-order valence-corrected chi connectivity index (χ0v) is 18.6. The van der Waals surface area contributed by atoms with E-state index in [0.29, 0.717) is 43.6 Å². The van der Waals surface area contributed by atoms with Gasteiger partial charge in [0.1, 0.15) is 11.6 Å². The maximum Gasteiger partial charge on any atom is 0.322 e. The van der Waals surface area contributed by atoms with Gasteiger partial charge in [-0.1, -0.05) is 29.8 Å². The van der Waals surface area contributed by atoms with Crippen LogP contribution in [0.5, 0.6) is 5.75 Å². The van der Waals surface area contributed by atoms with Crippen molar-refractivity contribution < 1.29 is 9.53 Å². The molecule has 32 heavy (non-hydrogen) atoms. The Labute approximate surface area is 188 Å². The lowest BCUT2D eigenvalue weighted by Gasteiger charge is -2.35. The third-order valence-electron chi connectivity index (χ3n) is 5.36. The Morgan fingerprint density at radius 2 is 1.69 bits per heavy atom. The van der Waals surface area contributed by atoms with Gasteiger partial charge in [0.2, 0.25) is 5.95 Å². The van der Waals surface area contributed by atoms with Crippen LogP contribution in [0.3, 0.4) is 0 Å². The summed E-state index contributed by atoms with van der Waals surface area (Å²) in [5.41, 5.74) is 3.75. The van der Waals surface area contributed by atoms with Gasteiger partial charge >= 0.3 is 6.03 Å². The van der Waals surface area contributed by atoms with Gasteiger partial charge in [0, 0.05) is 43.6 Å². The Morgan fingerprint density at radius 3 is 2.41 bits per heavy atom. The highest BCUT2D eigenvalue weighted by atomic mass is 16.5. The van der Waals surface area contributed by atoms with Crippen molar-refractivity contribution in [3.63, 3.8) is 0 Å². The molecule has 3 aromatic rings. The van der Waals surface area contributed by atoms with Gasteiger partial charge in [0.05, 0.1) is 12.8 Å². The average Bonchev–Trinajstić information content (AvgIpc) is 2.80. The fourth-order valence-electron chi connectivity index (χ4n) is 3.59. The summed E-state index contributed by atoms with van der Waals surface area (Å²) in [5.74, 6) is 2.07. The van der Waals surface area contributed by atoms with Gasteiger partial charge in [0.25, 0.3) is 0 Å². The lowest BCUT2D eigenvalue weighted by molar-refractivity contribution is 0.208. The summed E-state index contributed by atoms with van der Waals surface area (Å²) in [4.78, 5) is 25.9. The van der Waals surface area contributed by atoms with Gasteiger partial charge in [0.15, 0.2) is 0 Å². The molecule has 0 unspecified atom stereocenters. The van der Waals surface area contributed by atoms with E-state index in [4.69, 9.17) is 9.72 Å². The van der Waals surface area contributed by atoms with E-state index in [0.717, 1.165) is 17.2 Å². The number of hydrogen-bond acceptors (Lipinski definition) is 6. The summed E-state index contributed by atoms with van der Waals surface area (Å²) in [6.45, 7) is 6.51. The molecule has 0 atom stereocenters. The number of benzene rings is 2. The zero-order valence-electron chi connectivity index (χ0n) is 18.6. The van der Waals surface area contributed by atoms with Crippen LogP contribution in [0.4, 0.5) is 27.9 Å². The highest BCUT2D eigenvalue weighted by Gasteiger charge is 2.23. The first-order valence-corrected chi connectivity index (χ1v) is 10.6. The molecule has 2 aromatic carbocycles. The molecule has 1 aliphatic rings. The predicted molar refractivity (Wildman–Crippen MR) is 127 cm³/mol. The summed E-state index contributed by atoms with van der Waals surface area (Å²) >= 11 is 0. The molecule has 1 saturated heterocycles. The van der Waals surface area contributed by atoms with Crippen LogP contribution in [0.25, 0.3) is 0 Å². The maximum atomic E-state index is 12.7. The van der Waals surface area contributed by atoms with E-state index in [9.17, 15) is 4.79 Å². The monoisotopic (exact) mass is 432 g/mol. The van der Waals surface area contributed by atoms with Crippen LogP contribution in [0.1, 0.15) is 11.3 Å². The SMILES string of the molecule is COc1ccccc1NC(=O)N1CCN(c2nc(C)cc(Nc3ccc(C)cc3)n2)CC1. The van der Waals surface area contributed by atoms with Crippen molar-refractivity contribution in [2.24, 2.45) is 0 Å².